The number of hydrogen-bond donors (Lipinski definition) is 0. The minimum Gasteiger partial charge on any atom is -0.368 e. The van der Waals surface area contributed by atoms with Crippen LogP contribution in [0.25, 0.3) is 0 Å². The zero-order valence-corrected chi connectivity index (χ0v) is 5.92. The molecule has 0 aromatic heterocycles. The lowest BCUT2D eigenvalue weighted by atomic mass is 10.2. The number of hydrogen-bond acceptors (Lipinski definition) is 1. The number of rotatable bonds is 2. The highest BCUT2D eigenvalue weighted by Gasteiger charge is 2.24. The predicted octanol–water partition coefficient (Wildman–Crippen LogP) is 1.91. The molecule has 50 valence electrons. The van der Waals surface area contributed by atoms with Crippen molar-refractivity contribution in [3.63, 3.8) is 0 Å². The van der Waals surface area contributed by atoms with Gasteiger partial charge in [-0.2, -0.15) is 0 Å². The third-order valence-corrected chi connectivity index (χ3v) is 1.40. The first-order chi connectivity index (χ1) is 4.38. The maximum Gasteiger partial charge on any atom is 0.106 e. The molecule has 0 spiro atoms. The van der Waals surface area contributed by atoms with Crippen molar-refractivity contribution < 1.29 is 4.74 Å². The van der Waals surface area contributed by atoms with Crippen LogP contribution in [0.2, 0.25) is 0 Å². The van der Waals surface area contributed by atoms with E-state index in [1.807, 2.05) is 19.9 Å². The first-order valence-corrected chi connectivity index (χ1v) is 3.29. The zero-order valence-electron chi connectivity index (χ0n) is 5.92. The van der Waals surface area contributed by atoms with Crippen molar-refractivity contribution in [1.82, 2.24) is 0 Å². The van der Waals surface area contributed by atoms with Crippen LogP contribution >= 0.6 is 0 Å². The van der Waals surface area contributed by atoms with Gasteiger partial charge in [-0.15, -0.1) is 0 Å². The maximum atomic E-state index is 5.09. The summed E-state index contributed by atoms with van der Waals surface area (Å²) in [5.41, 5.74) is 1.30. The van der Waals surface area contributed by atoms with Crippen molar-refractivity contribution in [1.29, 1.82) is 0 Å². The van der Waals surface area contributed by atoms with Gasteiger partial charge in [0, 0.05) is 0 Å². The van der Waals surface area contributed by atoms with E-state index in [0.29, 0.717) is 6.10 Å². The Balaban J connectivity index is 2.48. The molecule has 1 nitrogen and oxygen atoms in total. The van der Waals surface area contributed by atoms with Crippen molar-refractivity contribution in [3.05, 3.63) is 23.8 Å². The monoisotopic (exact) mass is 124 g/mol. The lowest BCUT2D eigenvalue weighted by molar-refractivity contribution is 0.434. The molecule has 0 saturated carbocycles. The first-order valence-electron chi connectivity index (χ1n) is 3.29. The van der Waals surface area contributed by atoms with Gasteiger partial charge in [-0.3, -0.25) is 0 Å². The lowest BCUT2D eigenvalue weighted by Gasteiger charge is -1.90. The van der Waals surface area contributed by atoms with Gasteiger partial charge in [0.25, 0.3) is 0 Å². The SMILES string of the molecule is C/C=C\C(=C/C)C1CO1. The van der Waals surface area contributed by atoms with Crippen LogP contribution in [0.5, 0.6) is 0 Å². The molecule has 0 N–H and O–H groups in total. The molecular weight excluding hydrogens is 112 g/mol. The Labute approximate surface area is 56.0 Å². The highest BCUT2D eigenvalue weighted by atomic mass is 16.6. The van der Waals surface area contributed by atoms with E-state index < -0.39 is 0 Å². The van der Waals surface area contributed by atoms with Crippen LogP contribution in [0.4, 0.5) is 0 Å². The van der Waals surface area contributed by atoms with Gasteiger partial charge in [-0.1, -0.05) is 18.2 Å². The standard InChI is InChI=1S/C8H12O/c1-3-5-7(4-2)8-6-9-8/h3-5,8H,6H2,1-2H3/b5-3-,7-4+. The smallest absolute Gasteiger partial charge is 0.106 e. The molecule has 0 radical (unpaired) electrons. The molecule has 0 aliphatic carbocycles. The molecule has 1 saturated heterocycles. The van der Waals surface area contributed by atoms with Crippen molar-refractivity contribution in [2.75, 3.05) is 6.61 Å². The fourth-order valence-corrected chi connectivity index (χ4v) is 0.822. The third-order valence-electron chi connectivity index (χ3n) is 1.40. The molecule has 1 fully saturated rings. The van der Waals surface area contributed by atoms with E-state index in [-0.39, 0.29) is 0 Å². The molecule has 0 aromatic carbocycles. The van der Waals surface area contributed by atoms with Crippen LogP contribution in [-0.2, 0) is 4.74 Å². The van der Waals surface area contributed by atoms with Gasteiger partial charge in [0.2, 0.25) is 0 Å². The van der Waals surface area contributed by atoms with Crippen LogP contribution in [0.3, 0.4) is 0 Å². The van der Waals surface area contributed by atoms with E-state index in [4.69, 9.17) is 4.74 Å². The summed E-state index contributed by atoms with van der Waals surface area (Å²) in [6, 6.07) is 0. The molecule has 0 bridgehead atoms. The molecule has 1 aliphatic heterocycles. The number of epoxide rings is 1. The van der Waals surface area contributed by atoms with Crippen molar-refractivity contribution in [2.24, 2.45) is 0 Å². The fourth-order valence-electron chi connectivity index (χ4n) is 0.822. The summed E-state index contributed by atoms with van der Waals surface area (Å²) in [6.07, 6.45) is 6.64. The Bertz CT molecular complexity index is 141. The van der Waals surface area contributed by atoms with Crippen LogP contribution in [0.15, 0.2) is 23.8 Å². The van der Waals surface area contributed by atoms with E-state index >= 15 is 0 Å². The first kappa shape index (κ1) is 6.56. The van der Waals surface area contributed by atoms with Gasteiger partial charge in [-0.05, 0) is 19.4 Å². The van der Waals surface area contributed by atoms with Crippen LogP contribution in [0.1, 0.15) is 13.8 Å². The summed E-state index contributed by atoms with van der Waals surface area (Å²) in [6.45, 7) is 4.97. The summed E-state index contributed by atoms with van der Waals surface area (Å²) in [7, 11) is 0. The van der Waals surface area contributed by atoms with Crippen LogP contribution in [0, 0.1) is 0 Å². The minimum atomic E-state index is 0.409. The molecule has 1 atom stereocenters. The number of allylic oxidation sites excluding steroid dienone is 2. The Morgan fingerprint density at radius 1 is 1.56 bits per heavy atom. The van der Waals surface area contributed by atoms with E-state index in [1.54, 1.807) is 0 Å². The molecule has 1 heteroatoms. The molecule has 1 unspecified atom stereocenters. The molecule has 1 heterocycles. The second-order valence-electron chi connectivity index (χ2n) is 2.11. The average Bonchev–Trinajstić information content (AvgIpc) is 2.64. The maximum absolute atomic E-state index is 5.09. The van der Waals surface area contributed by atoms with E-state index in [0.717, 1.165) is 6.61 Å². The summed E-state index contributed by atoms with van der Waals surface area (Å²) >= 11 is 0. The zero-order chi connectivity index (χ0) is 6.69. The molecular formula is C8H12O. The highest BCUT2D eigenvalue weighted by molar-refractivity contribution is 5.25. The summed E-state index contributed by atoms with van der Waals surface area (Å²) < 4.78 is 5.09. The third kappa shape index (κ3) is 1.68. The van der Waals surface area contributed by atoms with E-state index in [9.17, 15) is 0 Å². The molecule has 0 amide bonds. The average molecular weight is 124 g/mol. The van der Waals surface area contributed by atoms with E-state index in [2.05, 4.69) is 12.2 Å². The van der Waals surface area contributed by atoms with Crippen molar-refractivity contribution in [2.45, 2.75) is 20.0 Å². The van der Waals surface area contributed by atoms with Gasteiger partial charge >= 0.3 is 0 Å². The van der Waals surface area contributed by atoms with E-state index in [1.165, 1.54) is 5.57 Å². The topological polar surface area (TPSA) is 12.5 Å². The van der Waals surface area contributed by atoms with Gasteiger partial charge in [0.15, 0.2) is 0 Å². The largest absolute Gasteiger partial charge is 0.368 e. The van der Waals surface area contributed by atoms with Crippen LogP contribution in [-0.4, -0.2) is 12.7 Å². The van der Waals surface area contributed by atoms with Gasteiger partial charge in [0.1, 0.15) is 6.10 Å². The summed E-state index contributed by atoms with van der Waals surface area (Å²) in [4.78, 5) is 0. The van der Waals surface area contributed by atoms with Crippen molar-refractivity contribution >= 4 is 0 Å². The summed E-state index contributed by atoms with van der Waals surface area (Å²) in [5, 5.41) is 0. The number of ether oxygens (including phenoxy) is 1. The molecule has 9 heavy (non-hydrogen) atoms. The fraction of sp³-hybridized carbons (Fsp3) is 0.500. The Kier molecular flexibility index (Phi) is 2.06. The molecule has 1 aliphatic rings. The quantitative estimate of drug-likeness (QED) is 0.404. The molecule has 0 aromatic rings. The minimum absolute atomic E-state index is 0.409. The van der Waals surface area contributed by atoms with Gasteiger partial charge in [0.05, 0.1) is 6.61 Å². The predicted molar refractivity (Wildman–Crippen MR) is 38.3 cm³/mol. The Hall–Kier alpha value is -0.560. The lowest BCUT2D eigenvalue weighted by Crippen LogP contribution is -1.86. The van der Waals surface area contributed by atoms with Crippen LogP contribution < -0.4 is 0 Å². The second-order valence-corrected chi connectivity index (χ2v) is 2.11. The highest BCUT2D eigenvalue weighted by Crippen LogP contribution is 2.19. The molecule has 1 rings (SSSR count). The summed E-state index contributed by atoms with van der Waals surface area (Å²) in [5.74, 6) is 0. The van der Waals surface area contributed by atoms with Gasteiger partial charge < -0.3 is 4.74 Å². The Morgan fingerprint density at radius 2 is 2.22 bits per heavy atom. The normalized spacial score (nSPS) is 27.3. The Morgan fingerprint density at radius 3 is 2.56 bits per heavy atom. The van der Waals surface area contributed by atoms with Gasteiger partial charge in [-0.25, -0.2) is 0 Å². The second kappa shape index (κ2) is 2.83. The van der Waals surface area contributed by atoms with Crippen molar-refractivity contribution in [3.8, 4) is 0 Å².